The average Bonchev–Trinajstić information content (AvgIpc) is 3.00. The zero-order valence-electron chi connectivity index (χ0n) is 14.3. The van der Waals surface area contributed by atoms with E-state index in [4.69, 9.17) is 9.15 Å². The highest BCUT2D eigenvalue weighted by molar-refractivity contribution is 7.98. The van der Waals surface area contributed by atoms with Crippen LogP contribution in [-0.2, 0) is 0 Å². The monoisotopic (exact) mass is 351 g/mol. The molecule has 0 spiro atoms. The van der Waals surface area contributed by atoms with Gasteiger partial charge in [-0.05, 0) is 35.9 Å². The van der Waals surface area contributed by atoms with Gasteiger partial charge in [0.05, 0.1) is 6.04 Å². The molecule has 1 unspecified atom stereocenters. The molecule has 0 aliphatic rings. The molecule has 0 radical (unpaired) electrons. The van der Waals surface area contributed by atoms with Crippen LogP contribution >= 0.6 is 11.8 Å². The molecule has 6 heteroatoms. The maximum atomic E-state index is 13.7. The number of ether oxygens (including phenoxy) is 1. The van der Waals surface area contributed by atoms with Gasteiger partial charge in [0.2, 0.25) is 0 Å². The van der Waals surface area contributed by atoms with Crippen molar-refractivity contribution in [2.75, 3.05) is 12.9 Å². The van der Waals surface area contributed by atoms with Gasteiger partial charge in [0.25, 0.3) is 5.91 Å². The summed E-state index contributed by atoms with van der Waals surface area (Å²) in [5.41, 5.74) is -0.268. The average molecular weight is 351 g/mol. The van der Waals surface area contributed by atoms with E-state index in [1.807, 2.05) is 27.0 Å². The number of carbonyl (C=O) groups is 1. The summed E-state index contributed by atoms with van der Waals surface area (Å²) in [5.74, 6) is -0.317. The third-order valence-electron chi connectivity index (χ3n) is 3.60. The molecule has 0 fully saturated rings. The fourth-order valence-corrected chi connectivity index (χ4v) is 2.40. The van der Waals surface area contributed by atoms with Gasteiger partial charge in [0.1, 0.15) is 6.61 Å². The van der Waals surface area contributed by atoms with Crippen molar-refractivity contribution in [1.82, 2.24) is 5.32 Å². The summed E-state index contributed by atoms with van der Waals surface area (Å²) >= 11 is 1.43. The first kappa shape index (κ1) is 18.4. The molecule has 4 nitrogen and oxygen atoms in total. The van der Waals surface area contributed by atoms with Crippen LogP contribution in [0.3, 0.4) is 0 Å². The second kappa shape index (κ2) is 7.75. The smallest absolute Gasteiger partial charge is 0.287 e. The van der Waals surface area contributed by atoms with E-state index < -0.39 is 5.82 Å². The van der Waals surface area contributed by atoms with E-state index in [1.165, 1.54) is 17.8 Å². The van der Waals surface area contributed by atoms with Crippen molar-refractivity contribution in [3.8, 4) is 5.75 Å². The van der Waals surface area contributed by atoms with Crippen molar-refractivity contribution >= 4 is 17.7 Å². The molecule has 0 aliphatic carbocycles. The molecule has 1 heterocycles. The summed E-state index contributed by atoms with van der Waals surface area (Å²) in [6.07, 6.45) is 1.88. The number of carbonyl (C=O) groups excluding carboxylic acids is 1. The van der Waals surface area contributed by atoms with Crippen molar-refractivity contribution < 1.29 is 18.3 Å². The van der Waals surface area contributed by atoms with Crippen LogP contribution in [0.25, 0.3) is 0 Å². The topological polar surface area (TPSA) is 51.5 Å². The number of hydrogen-bond donors (Lipinski definition) is 1. The normalized spacial score (nSPS) is 12.7. The molecule has 24 heavy (non-hydrogen) atoms. The van der Waals surface area contributed by atoms with E-state index in [2.05, 4.69) is 5.32 Å². The molecule has 1 atom stereocenters. The van der Waals surface area contributed by atoms with Crippen molar-refractivity contribution in [2.24, 2.45) is 5.41 Å². The Hall–Kier alpha value is -1.95. The predicted octanol–water partition coefficient (Wildman–Crippen LogP) is 4.36. The Morgan fingerprint density at radius 2 is 2.00 bits per heavy atom. The lowest BCUT2D eigenvalue weighted by atomic mass is 9.87. The van der Waals surface area contributed by atoms with Crippen LogP contribution < -0.4 is 10.1 Å². The predicted molar refractivity (Wildman–Crippen MR) is 93.1 cm³/mol. The highest BCUT2D eigenvalue weighted by atomic mass is 32.2. The van der Waals surface area contributed by atoms with E-state index in [9.17, 15) is 9.18 Å². The zero-order chi connectivity index (χ0) is 17.7. The third-order valence-corrected chi connectivity index (χ3v) is 4.22. The fraction of sp³-hybridized carbons (Fsp3) is 0.389. The molecule has 1 amide bonds. The van der Waals surface area contributed by atoms with E-state index in [-0.39, 0.29) is 35.5 Å². The minimum atomic E-state index is -0.424. The minimum Gasteiger partial charge on any atom is -0.488 e. The fourth-order valence-electron chi connectivity index (χ4n) is 2.02. The molecule has 130 valence electrons. The molecule has 0 saturated heterocycles. The van der Waals surface area contributed by atoms with Crippen LogP contribution in [0.1, 0.15) is 31.3 Å². The molecule has 2 rings (SSSR count). The van der Waals surface area contributed by atoms with E-state index in [0.717, 1.165) is 0 Å². The van der Waals surface area contributed by atoms with Gasteiger partial charge < -0.3 is 14.5 Å². The molecule has 1 N–H and O–H groups in total. The largest absolute Gasteiger partial charge is 0.488 e. The Morgan fingerprint density at radius 1 is 1.29 bits per heavy atom. The van der Waals surface area contributed by atoms with Gasteiger partial charge >= 0.3 is 0 Å². The number of thioether (sulfide) groups is 1. The summed E-state index contributed by atoms with van der Waals surface area (Å²) in [5, 5.41) is 3.59. The molecule has 1 aromatic carbocycles. The van der Waals surface area contributed by atoms with Crippen LogP contribution in [0.2, 0.25) is 0 Å². The van der Waals surface area contributed by atoms with Crippen molar-refractivity contribution in [1.29, 1.82) is 0 Å². The SMILES string of the molecule is CSc1ccc(C(=O)NC(COc2ccccc2F)C(C)(C)C)o1. The highest BCUT2D eigenvalue weighted by Gasteiger charge is 2.28. The Balaban J connectivity index is 2.06. The first-order valence-electron chi connectivity index (χ1n) is 7.63. The number of benzene rings is 1. The summed E-state index contributed by atoms with van der Waals surface area (Å²) in [4.78, 5) is 12.4. The van der Waals surface area contributed by atoms with Crippen LogP contribution in [0.15, 0.2) is 45.9 Å². The van der Waals surface area contributed by atoms with Crippen LogP contribution in [0, 0.1) is 11.2 Å². The number of halogens is 1. The second-order valence-corrected chi connectivity index (χ2v) is 7.27. The first-order valence-corrected chi connectivity index (χ1v) is 8.85. The quantitative estimate of drug-likeness (QED) is 0.786. The lowest BCUT2D eigenvalue weighted by Crippen LogP contribution is -2.47. The molecular weight excluding hydrogens is 329 g/mol. The maximum absolute atomic E-state index is 13.7. The summed E-state index contributed by atoms with van der Waals surface area (Å²) < 4.78 is 24.7. The molecule has 2 aromatic rings. The second-order valence-electron chi connectivity index (χ2n) is 6.46. The summed E-state index contributed by atoms with van der Waals surface area (Å²) in [7, 11) is 0. The molecule has 0 bridgehead atoms. The highest BCUT2D eigenvalue weighted by Crippen LogP contribution is 2.23. The van der Waals surface area contributed by atoms with Gasteiger partial charge in [-0.25, -0.2) is 4.39 Å². The number of amides is 1. The zero-order valence-corrected chi connectivity index (χ0v) is 15.1. The number of furan rings is 1. The van der Waals surface area contributed by atoms with E-state index >= 15 is 0 Å². The Bertz CT molecular complexity index is 694. The lowest BCUT2D eigenvalue weighted by Gasteiger charge is -2.31. The van der Waals surface area contributed by atoms with Crippen LogP contribution in [-0.4, -0.2) is 24.8 Å². The van der Waals surface area contributed by atoms with Gasteiger partial charge in [-0.1, -0.05) is 44.7 Å². The molecule has 1 aromatic heterocycles. The van der Waals surface area contributed by atoms with Gasteiger partial charge in [0.15, 0.2) is 22.4 Å². The molecular formula is C18H22FNO3S. The van der Waals surface area contributed by atoms with Crippen LogP contribution in [0.5, 0.6) is 5.75 Å². The lowest BCUT2D eigenvalue weighted by molar-refractivity contribution is 0.0828. The van der Waals surface area contributed by atoms with Gasteiger partial charge in [0, 0.05) is 0 Å². The summed E-state index contributed by atoms with van der Waals surface area (Å²) in [6, 6.07) is 9.29. The number of nitrogens with one attached hydrogen (secondary N) is 1. The first-order chi connectivity index (χ1) is 11.3. The third kappa shape index (κ3) is 4.77. The minimum absolute atomic E-state index is 0.159. The standard InChI is InChI=1S/C18H22FNO3S/c1-18(2,3)15(11-22-13-8-6-5-7-12(13)19)20-17(21)14-9-10-16(23-14)24-4/h5-10,15H,11H2,1-4H3,(H,20,21). The Labute approximate surface area is 145 Å². The molecule has 0 saturated carbocycles. The Morgan fingerprint density at radius 3 is 2.58 bits per heavy atom. The van der Waals surface area contributed by atoms with E-state index in [0.29, 0.717) is 5.09 Å². The number of hydrogen-bond acceptors (Lipinski definition) is 4. The van der Waals surface area contributed by atoms with Gasteiger partial charge in [-0.15, -0.1) is 0 Å². The van der Waals surface area contributed by atoms with Crippen molar-refractivity contribution in [3.05, 3.63) is 48.0 Å². The maximum Gasteiger partial charge on any atom is 0.287 e. The van der Waals surface area contributed by atoms with Crippen molar-refractivity contribution in [3.63, 3.8) is 0 Å². The van der Waals surface area contributed by atoms with Gasteiger partial charge in [-0.2, -0.15) is 0 Å². The van der Waals surface area contributed by atoms with E-state index in [1.54, 1.807) is 30.3 Å². The molecule has 0 aliphatic heterocycles. The summed E-state index contributed by atoms with van der Waals surface area (Å²) in [6.45, 7) is 6.11. The van der Waals surface area contributed by atoms with Crippen LogP contribution in [0.4, 0.5) is 4.39 Å². The number of para-hydroxylation sites is 1. The number of rotatable bonds is 6. The Kier molecular flexibility index (Phi) is 5.94. The van der Waals surface area contributed by atoms with Crippen molar-refractivity contribution in [2.45, 2.75) is 31.9 Å². The van der Waals surface area contributed by atoms with Gasteiger partial charge in [-0.3, -0.25) is 4.79 Å².